The summed E-state index contributed by atoms with van der Waals surface area (Å²) in [6, 6.07) is 0. The molecule has 0 aliphatic rings. The molecule has 0 rings (SSSR count). The van der Waals surface area contributed by atoms with Crippen molar-refractivity contribution < 1.29 is 0 Å². The highest BCUT2D eigenvalue weighted by Gasteiger charge is 1.72. The molecule has 0 radical (unpaired) electrons. The second-order valence-corrected chi connectivity index (χ2v) is 1.66. The minimum absolute atomic E-state index is 0.564. The summed E-state index contributed by atoms with van der Waals surface area (Å²) in [7, 11) is 1.66. The van der Waals surface area contributed by atoms with Gasteiger partial charge in [-0.1, -0.05) is 22.6 Å². The first-order valence-corrected chi connectivity index (χ1v) is 3.05. The minimum atomic E-state index is 0.564. The number of amidine groups is 1. The van der Waals surface area contributed by atoms with Crippen molar-refractivity contribution in [2.45, 2.75) is 0 Å². The molecule has 0 bridgehead atoms. The largest absolute Gasteiger partial charge is 0.384 e. The molecule has 0 aliphatic heterocycles. The van der Waals surface area contributed by atoms with Crippen LogP contribution in [-0.4, -0.2) is 12.9 Å². The summed E-state index contributed by atoms with van der Waals surface area (Å²) in [4.78, 5) is 3.68. The van der Waals surface area contributed by atoms with E-state index in [-0.39, 0.29) is 0 Å². The third-order valence-corrected chi connectivity index (χ3v) is 0.852. The van der Waals surface area contributed by atoms with Gasteiger partial charge in [0.05, 0.1) is 0 Å². The third kappa shape index (κ3) is 3.78. The van der Waals surface area contributed by atoms with Crippen molar-refractivity contribution in [2.24, 2.45) is 10.7 Å². The van der Waals surface area contributed by atoms with Gasteiger partial charge in [-0.3, -0.25) is 4.99 Å². The summed E-state index contributed by atoms with van der Waals surface area (Å²) < 4.78 is 1.82. The van der Waals surface area contributed by atoms with Crippen LogP contribution in [0.5, 0.6) is 0 Å². The fraction of sp³-hybridized carbons (Fsp3) is 0.250. The van der Waals surface area contributed by atoms with Gasteiger partial charge in [0.2, 0.25) is 0 Å². The van der Waals surface area contributed by atoms with Crippen molar-refractivity contribution >= 4 is 28.4 Å². The zero-order chi connectivity index (χ0) is 5.70. The van der Waals surface area contributed by atoms with Crippen molar-refractivity contribution in [1.29, 1.82) is 0 Å². The predicted molar refractivity (Wildman–Crippen MR) is 40.7 cm³/mol. The van der Waals surface area contributed by atoms with Crippen LogP contribution in [0.4, 0.5) is 0 Å². The molecule has 0 atom stereocenters. The van der Waals surface area contributed by atoms with Crippen molar-refractivity contribution in [3.8, 4) is 0 Å². The van der Waals surface area contributed by atoms with Crippen LogP contribution in [0.1, 0.15) is 0 Å². The van der Waals surface area contributed by atoms with Crippen molar-refractivity contribution in [1.82, 2.24) is 0 Å². The van der Waals surface area contributed by atoms with E-state index in [0.717, 1.165) is 0 Å². The van der Waals surface area contributed by atoms with E-state index in [9.17, 15) is 0 Å². The molecule has 0 aromatic rings. The Kier molecular flexibility index (Phi) is 4.07. The normalized spacial score (nSPS) is 13.1. The molecule has 0 saturated heterocycles. The van der Waals surface area contributed by atoms with Crippen LogP contribution in [0, 0.1) is 0 Å². The Morgan fingerprint density at radius 3 is 2.57 bits per heavy atom. The average Bonchev–Trinajstić information content (AvgIpc) is 1.68. The summed E-state index contributed by atoms with van der Waals surface area (Å²) in [5.74, 6) is 0.564. The van der Waals surface area contributed by atoms with Crippen molar-refractivity contribution in [3.63, 3.8) is 0 Å². The smallest absolute Gasteiger partial charge is 0.118 e. The van der Waals surface area contributed by atoms with Crippen molar-refractivity contribution in [3.05, 3.63) is 10.2 Å². The quantitative estimate of drug-likeness (QED) is 0.390. The molecule has 0 unspecified atom stereocenters. The Labute approximate surface area is 56.6 Å². The standard InChI is InChI=1S/C4H7IN2/c1-7-4(6)2-3-5/h2-3H,1H3,(H2,6,7)/b3-2-. The van der Waals surface area contributed by atoms with Gasteiger partial charge >= 0.3 is 0 Å². The minimum Gasteiger partial charge on any atom is -0.384 e. The van der Waals surface area contributed by atoms with Gasteiger partial charge in [-0.25, -0.2) is 0 Å². The molecule has 0 aromatic carbocycles. The van der Waals surface area contributed by atoms with Gasteiger partial charge in [0.25, 0.3) is 0 Å². The second kappa shape index (κ2) is 4.11. The van der Waals surface area contributed by atoms with Gasteiger partial charge in [0.15, 0.2) is 0 Å². The topological polar surface area (TPSA) is 38.4 Å². The number of halogens is 1. The Hall–Kier alpha value is -0.0600. The maximum Gasteiger partial charge on any atom is 0.118 e. The van der Waals surface area contributed by atoms with Crippen LogP contribution < -0.4 is 5.73 Å². The first-order chi connectivity index (χ1) is 3.31. The van der Waals surface area contributed by atoms with Crippen LogP contribution in [0.15, 0.2) is 15.2 Å². The molecule has 2 N–H and O–H groups in total. The van der Waals surface area contributed by atoms with Gasteiger partial charge in [-0.15, -0.1) is 0 Å². The SMILES string of the molecule is CN=C(N)/C=C\I. The van der Waals surface area contributed by atoms with E-state index in [4.69, 9.17) is 5.73 Å². The third-order valence-electron chi connectivity index (χ3n) is 0.492. The zero-order valence-corrected chi connectivity index (χ0v) is 6.21. The molecule has 3 heteroatoms. The number of nitrogens with two attached hydrogens (primary N) is 1. The van der Waals surface area contributed by atoms with E-state index in [1.54, 1.807) is 13.1 Å². The molecule has 7 heavy (non-hydrogen) atoms. The average molecular weight is 210 g/mol. The fourth-order valence-electron chi connectivity index (χ4n) is 0.139. The summed E-state index contributed by atoms with van der Waals surface area (Å²) in [6.07, 6.45) is 1.74. The highest BCUT2D eigenvalue weighted by Crippen LogP contribution is 1.81. The monoisotopic (exact) mass is 210 g/mol. The van der Waals surface area contributed by atoms with Crippen molar-refractivity contribution in [2.75, 3.05) is 7.05 Å². The van der Waals surface area contributed by atoms with Crippen LogP contribution >= 0.6 is 22.6 Å². The lowest BCUT2D eigenvalue weighted by Crippen LogP contribution is -2.05. The van der Waals surface area contributed by atoms with Gasteiger partial charge in [0, 0.05) is 7.05 Å². The van der Waals surface area contributed by atoms with Gasteiger partial charge < -0.3 is 5.73 Å². The molecule has 0 amide bonds. The van der Waals surface area contributed by atoms with Gasteiger partial charge in [-0.05, 0) is 10.2 Å². The van der Waals surface area contributed by atoms with Crippen LogP contribution in [0.2, 0.25) is 0 Å². The molecule has 0 saturated carbocycles. The number of aliphatic imine (C=N–C) groups is 1. The highest BCUT2D eigenvalue weighted by molar-refractivity contribution is 14.1. The Morgan fingerprint density at radius 2 is 2.43 bits per heavy atom. The number of nitrogens with zero attached hydrogens (tertiary/aromatic N) is 1. The Morgan fingerprint density at radius 1 is 1.86 bits per heavy atom. The molecule has 40 valence electrons. The maximum atomic E-state index is 5.24. The lowest BCUT2D eigenvalue weighted by atomic mass is 10.6. The van der Waals surface area contributed by atoms with Gasteiger partial charge in [0.1, 0.15) is 5.84 Å². The maximum absolute atomic E-state index is 5.24. The molecule has 0 aromatic heterocycles. The first kappa shape index (κ1) is 6.94. The van der Waals surface area contributed by atoms with E-state index in [1.165, 1.54) is 0 Å². The Balaban J connectivity index is 3.58. The highest BCUT2D eigenvalue weighted by atomic mass is 127. The van der Waals surface area contributed by atoms with Gasteiger partial charge in [-0.2, -0.15) is 0 Å². The molecular weight excluding hydrogens is 203 g/mol. The molecule has 0 spiro atoms. The summed E-state index contributed by atoms with van der Waals surface area (Å²) in [6.45, 7) is 0. The van der Waals surface area contributed by atoms with E-state index in [2.05, 4.69) is 27.6 Å². The van der Waals surface area contributed by atoms with Crippen LogP contribution in [0.3, 0.4) is 0 Å². The van der Waals surface area contributed by atoms with E-state index >= 15 is 0 Å². The van der Waals surface area contributed by atoms with E-state index in [1.807, 2.05) is 4.08 Å². The second-order valence-electron chi connectivity index (χ2n) is 0.941. The molecular formula is C4H7IN2. The van der Waals surface area contributed by atoms with Crippen LogP contribution in [0.25, 0.3) is 0 Å². The first-order valence-electron chi connectivity index (χ1n) is 1.80. The van der Waals surface area contributed by atoms with Crippen LogP contribution in [-0.2, 0) is 0 Å². The molecule has 0 heterocycles. The number of hydrogen-bond donors (Lipinski definition) is 1. The molecule has 0 fully saturated rings. The Bertz CT molecular complexity index is 95.9. The summed E-state index contributed by atoms with van der Waals surface area (Å²) >= 11 is 2.08. The zero-order valence-electron chi connectivity index (χ0n) is 4.06. The lowest BCUT2D eigenvalue weighted by molar-refractivity contribution is 1.41. The summed E-state index contributed by atoms with van der Waals surface area (Å²) in [5.41, 5.74) is 5.24. The summed E-state index contributed by atoms with van der Waals surface area (Å²) in [5, 5.41) is 0. The number of rotatable bonds is 1. The number of hydrogen-bond acceptors (Lipinski definition) is 1. The van der Waals surface area contributed by atoms with E-state index < -0.39 is 0 Å². The van der Waals surface area contributed by atoms with E-state index in [0.29, 0.717) is 5.84 Å². The predicted octanol–water partition coefficient (Wildman–Crippen LogP) is 0.922. The molecule has 2 nitrogen and oxygen atoms in total. The molecule has 0 aliphatic carbocycles. The lowest BCUT2D eigenvalue weighted by Gasteiger charge is -1.81. The fourth-order valence-corrected chi connectivity index (χ4v) is 0.507.